The first-order valence-corrected chi connectivity index (χ1v) is 2.30. The van der Waals surface area contributed by atoms with E-state index >= 15 is 0 Å². The molecule has 0 aromatic heterocycles. The summed E-state index contributed by atoms with van der Waals surface area (Å²) in [4.78, 5) is 22.9. The van der Waals surface area contributed by atoms with Crippen LogP contribution in [-0.4, -0.2) is 9.79 Å². The van der Waals surface area contributed by atoms with Gasteiger partial charge in [-0.15, -0.1) is 0 Å². The summed E-state index contributed by atoms with van der Waals surface area (Å²) in [5.41, 5.74) is 0. The van der Waals surface area contributed by atoms with Crippen molar-refractivity contribution in [3.8, 4) is 0 Å². The summed E-state index contributed by atoms with van der Waals surface area (Å²) in [6, 6.07) is 0. The standard InChI is InChI=1S/2FH.Na.H3O4P/c;;;1-5(2,3)4/h2*1H;;(H3,1,2,3,4)/q;;+1;/p-1. The first-order valence-electron chi connectivity index (χ1n) is 0.765. The van der Waals surface area contributed by atoms with E-state index in [4.69, 9.17) is 19.2 Å². The van der Waals surface area contributed by atoms with Crippen LogP contribution in [0.4, 0.5) is 9.41 Å². The van der Waals surface area contributed by atoms with Gasteiger partial charge in [0.15, 0.2) is 0 Å². The first kappa shape index (κ1) is 23.1. The van der Waals surface area contributed by atoms with E-state index in [9.17, 15) is 0 Å². The first-order chi connectivity index (χ1) is 2.00. The maximum atomic E-state index is 8.77. The second-order valence-corrected chi connectivity index (χ2v) is 1.47. The van der Waals surface area contributed by atoms with Crippen molar-refractivity contribution >= 4 is 7.82 Å². The smallest absolute Gasteiger partial charge is 0.756 e. The van der Waals surface area contributed by atoms with Gasteiger partial charge in [0.1, 0.15) is 0 Å². The van der Waals surface area contributed by atoms with Crippen LogP contribution < -0.4 is 34.5 Å². The van der Waals surface area contributed by atoms with E-state index in [0.717, 1.165) is 0 Å². The van der Waals surface area contributed by atoms with E-state index in [1.165, 1.54) is 0 Å². The molecule has 0 saturated heterocycles. The number of halogens is 2. The minimum absolute atomic E-state index is 0. The summed E-state index contributed by atoms with van der Waals surface area (Å²) in [5, 5.41) is 0. The van der Waals surface area contributed by atoms with Crippen molar-refractivity contribution in [3.05, 3.63) is 0 Å². The SMILES string of the molecule is F.F.O=P([O-])(O)O.[Na+]. The molecule has 0 bridgehead atoms. The Kier molecular flexibility index (Phi) is 23.0. The molecule has 0 aromatic carbocycles. The van der Waals surface area contributed by atoms with Gasteiger partial charge in [0.25, 0.3) is 7.82 Å². The molecule has 0 unspecified atom stereocenters. The Bertz CT molecular complexity index is 60.2. The molecule has 0 aliphatic heterocycles. The molecule has 0 radical (unpaired) electrons. The Morgan fingerprint density at radius 2 is 1.25 bits per heavy atom. The Labute approximate surface area is 66.2 Å². The molecule has 0 atom stereocenters. The molecule has 0 fully saturated rings. The molecular weight excluding hydrogens is 156 g/mol. The molecule has 0 aromatic rings. The van der Waals surface area contributed by atoms with Crippen molar-refractivity contribution in [2.24, 2.45) is 0 Å². The van der Waals surface area contributed by atoms with Gasteiger partial charge in [0.05, 0.1) is 0 Å². The van der Waals surface area contributed by atoms with Gasteiger partial charge in [-0.2, -0.15) is 0 Å². The summed E-state index contributed by atoms with van der Waals surface area (Å²) in [6.07, 6.45) is 0. The normalized spacial score (nSPS) is 7.38. The second-order valence-electron chi connectivity index (χ2n) is 0.491. The van der Waals surface area contributed by atoms with E-state index in [-0.39, 0.29) is 39.0 Å². The monoisotopic (exact) mass is 160 g/mol. The largest absolute Gasteiger partial charge is 1.00 e. The van der Waals surface area contributed by atoms with Crippen molar-refractivity contribution in [1.82, 2.24) is 0 Å². The molecule has 0 saturated carbocycles. The average molecular weight is 160 g/mol. The maximum absolute atomic E-state index is 8.77. The number of rotatable bonds is 0. The molecule has 0 amide bonds. The molecule has 0 aliphatic rings. The zero-order valence-electron chi connectivity index (χ0n) is 3.97. The number of hydrogen-bond donors (Lipinski definition) is 2. The van der Waals surface area contributed by atoms with Crippen molar-refractivity contribution in [2.75, 3.05) is 0 Å². The summed E-state index contributed by atoms with van der Waals surface area (Å²) in [7, 11) is -4.89. The van der Waals surface area contributed by atoms with Crippen molar-refractivity contribution in [2.45, 2.75) is 0 Å². The van der Waals surface area contributed by atoms with Gasteiger partial charge in [0, 0.05) is 0 Å². The second kappa shape index (κ2) is 7.97. The van der Waals surface area contributed by atoms with Gasteiger partial charge in [-0.1, -0.05) is 0 Å². The third-order valence-electron chi connectivity index (χ3n) is 0. The van der Waals surface area contributed by atoms with Crippen LogP contribution in [-0.2, 0) is 4.57 Å². The third-order valence-corrected chi connectivity index (χ3v) is 0. The Morgan fingerprint density at radius 1 is 1.25 bits per heavy atom. The van der Waals surface area contributed by atoms with Gasteiger partial charge in [-0.25, -0.2) is 0 Å². The predicted octanol–water partition coefficient (Wildman–Crippen LogP) is -4.25. The van der Waals surface area contributed by atoms with Gasteiger partial charge in [-0.3, -0.25) is 14.0 Å². The molecule has 0 spiro atoms. The van der Waals surface area contributed by atoms with E-state index in [2.05, 4.69) is 0 Å². The fourth-order valence-corrected chi connectivity index (χ4v) is 0. The summed E-state index contributed by atoms with van der Waals surface area (Å²) >= 11 is 0. The predicted molar refractivity (Wildman–Crippen MR) is 17.1 cm³/mol. The van der Waals surface area contributed by atoms with Crippen LogP contribution >= 0.6 is 7.82 Å². The Balaban J connectivity index is -0.0000000267. The zero-order chi connectivity index (χ0) is 4.50. The fourth-order valence-electron chi connectivity index (χ4n) is 0. The number of phosphoric acid groups is 1. The van der Waals surface area contributed by atoms with Gasteiger partial charge in [-0.05, 0) is 0 Å². The minimum Gasteiger partial charge on any atom is -0.756 e. The third kappa shape index (κ3) is 264. The molecule has 8 heavy (non-hydrogen) atoms. The van der Waals surface area contributed by atoms with E-state index < -0.39 is 7.82 Å². The van der Waals surface area contributed by atoms with Crippen LogP contribution in [0.1, 0.15) is 0 Å². The molecule has 8 heteroatoms. The molecular formula is H4F2NaO4P. The van der Waals surface area contributed by atoms with Gasteiger partial charge < -0.3 is 14.7 Å². The van der Waals surface area contributed by atoms with Crippen molar-refractivity contribution in [3.63, 3.8) is 0 Å². The van der Waals surface area contributed by atoms with E-state index in [1.54, 1.807) is 0 Å². The van der Waals surface area contributed by atoms with E-state index in [0.29, 0.717) is 0 Å². The zero-order valence-corrected chi connectivity index (χ0v) is 6.87. The molecule has 0 heterocycles. The topological polar surface area (TPSA) is 80.6 Å². The van der Waals surface area contributed by atoms with Crippen LogP contribution in [0.25, 0.3) is 0 Å². The van der Waals surface area contributed by atoms with Crippen LogP contribution in [0.2, 0.25) is 0 Å². The van der Waals surface area contributed by atoms with Gasteiger partial charge in [0.2, 0.25) is 0 Å². The molecule has 0 aliphatic carbocycles. The van der Waals surface area contributed by atoms with E-state index in [1.807, 2.05) is 0 Å². The molecule has 2 N–H and O–H groups in total. The van der Waals surface area contributed by atoms with Crippen LogP contribution in [0.15, 0.2) is 0 Å². The fraction of sp³-hybridized carbons (Fsp3) is 0. The van der Waals surface area contributed by atoms with Crippen LogP contribution in [0.3, 0.4) is 0 Å². The average Bonchev–Trinajstić information content (AvgIpc) is 0.722. The summed E-state index contributed by atoms with van der Waals surface area (Å²) < 4.78 is 8.77. The minimum atomic E-state index is -4.89. The Morgan fingerprint density at radius 3 is 1.25 bits per heavy atom. The van der Waals surface area contributed by atoms with Crippen molar-refractivity contribution < 1.29 is 58.2 Å². The molecule has 0 rings (SSSR count). The summed E-state index contributed by atoms with van der Waals surface area (Å²) in [5.74, 6) is 0. The Hall–Kier alpha value is 0.970. The van der Waals surface area contributed by atoms with Crippen LogP contribution in [0, 0.1) is 0 Å². The van der Waals surface area contributed by atoms with Crippen LogP contribution in [0.5, 0.6) is 0 Å². The molecule has 48 valence electrons. The molecule has 4 nitrogen and oxygen atoms in total. The number of hydrogen-bond acceptors (Lipinski definition) is 2. The van der Waals surface area contributed by atoms with Crippen molar-refractivity contribution in [1.29, 1.82) is 0 Å². The summed E-state index contributed by atoms with van der Waals surface area (Å²) in [6.45, 7) is 0. The van der Waals surface area contributed by atoms with Gasteiger partial charge >= 0.3 is 29.6 Å². The maximum Gasteiger partial charge on any atom is 1.00 e. The quantitative estimate of drug-likeness (QED) is 0.278.